The van der Waals surface area contributed by atoms with Gasteiger partial charge in [-0.2, -0.15) is 0 Å². The lowest BCUT2D eigenvalue weighted by molar-refractivity contribution is -0.118. The van der Waals surface area contributed by atoms with Gasteiger partial charge in [-0.3, -0.25) is 4.79 Å². The molecule has 0 heterocycles. The predicted octanol–water partition coefficient (Wildman–Crippen LogP) is 3.49. The first-order valence-electron chi connectivity index (χ1n) is 6.12. The minimum Gasteiger partial charge on any atom is -0.332 e. The minimum absolute atomic E-state index is 0.0414. The molecule has 0 unspecified atom stereocenters. The maximum Gasteiger partial charge on any atom is 0.220 e. The molecule has 0 bridgehead atoms. The second-order valence-electron chi connectivity index (χ2n) is 4.24. The van der Waals surface area contributed by atoms with Gasteiger partial charge < -0.3 is 5.32 Å². The molecule has 1 amide bonds. The summed E-state index contributed by atoms with van der Waals surface area (Å²) < 4.78 is 0. The second kappa shape index (κ2) is 5.91. The molecule has 1 N–H and O–H groups in total. The quantitative estimate of drug-likeness (QED) is 0.897. The fraction of sp³-hybridized carbons (Fsp3) is 0.267. The predicted molar refractivity (Wildman–Crippen MR) is 78.0 cm³/mol. The Hall–Kier alpha value is -1.48. The average molecular weight is 259 g/mol. The zero-order valence-corrected chi connectivity index (χ0v) is 11.5. The zero-order valence-electron chi connectivity index (χ0n) is 10.7. The summed E-state index contributed by atoms with van der Waals surface area (Å²) in [5.41, 5.74) is 4.12. The Balaban J connectivity index is 2.02. The summed E-state index contributed by atoms with van der Waals surface area (Å²) in [6.07, 6.45) is 6.02. The smallest absolute Gasteiger partial charge is 0.220 e. The molecule has 0 spiro atoms. The molecule has 0 radical (unpaired) electrons. The van der Waals surface area contributed by atoms with E-state index in [1.807, 2.05) is 5.41 Å². The monoisotopic (exact) mass is 259 g/mol. The van der Waals surface area contributed by atoms with Crippen LogP contribution in [0, 0.1) is 0 Å². The number of amides is 1. The number of nitrogens with one attached hydrogen (secondary N) is 1. The molecule has 3 heteroatoms. The Kier molecular flexibility index (Phi) is 4.26. The minimum atomic E-state index is -0.0414. The van der Waals surface area contributed by atoms with Crippen LogP contribution in [0.1, 0.15) is 30.5 Å². The highest BCUT2D eigenvalue weighted by Crippen LogP contribution is 2.36. The van der Waals surface area contributed by atoms with E-state index in [0.717, 1.165) is 12.8 Å². The number of benzene rings is 1. The molecule has 0 saturated heterocycles. The highest BCUT2D eigenvalue weighted by molar-refractivity contribution is 8.10. The van der Waals surface area contributed by atoms with Gasteiger partial charge in [-0.15, -0.1) is 0 Å². The average Bonchev–Trinajstić information content (AvgIpc) is 2.76. The number of carbonyl (C=O) groups excluding carboxylic acids is 1. The van der Waals surface area contributed by atoms with E-state index in [1.165, 1.54) is 28.5 Å². The molecule has 94 valence electrons. The van der Waals surface area contributed by atoms with E-state index < -0.39 is 0 Å². The summed E-state index contributed by atoms with van der Waals surface area (Å²) in [6, 6.07) is 6.68. The van der Waals surface area contributed by atoms with Gasteiger partial charge >= 0.3 is 0 Å². The summed E-state index contributed by atoms with van der Waals surface area (Å²) >= 11 is 1.65. The van der Waals surface area contributed by atoms with Gasteiger partial charge in [-0.25, -0.2) is 0 Å². The molecular formula is C15H17NOS. The van der Waals surface area contributed by atoms with Crippen molar-refractivity contribution in [1.82, 2.24) is 5.32 Å². The first kappa shape index (κ1) is 13.0. The topological polar surface area (TPSA) is 29.1 Å². The molecule has 0 atom stereocenters. The number of aryl methyl sites for hydroxylation is 1. The van der Waals surface area contributed by atoms with Crippen molar-refractivity contribution in [3.63, 3.8) is 0 Å². The fourth-order valence-corrected chi connectivity index (χ4v) is 2.75. The van der Waals surface area contributed by atoms with Gasteiger partial charge in [0.25, 0.3) is 0 Å². The molecular weight excluding hydrogens is 242 g/mol. The van der Waals surface area contributed by atoms with E-state index in [-0.39, 0.29) is 5.91 Å². The largest absolute Gasteiger partial charge is 0.332 e. The highest BCUT2D eigenvalue weighted by Gasteiger charge is 2.13. The fourth-order valence-electron chi connectivity index (χ4n) is 1.96. The molecule has 0 saturated carbocycles. The van der Waals surface area contributed by atoms with Gasteiger partial charge in [0.15, 0.2) is 0 Å². The summed E-state index contributed by atoms with van der Waals surface area (Å²) in [6.45, 7) is 3.68. The van der Waals surface area contributed by atoms with Crippen molar-refractivity contribution in [1.29, 1.82) is 0 Å². The third-order valence-electron chi connectivity index (χ3n) is 2.90. The zero-order chi connectivity index (χ0) is 13.0. The number of carbonyl (C=O) groups is 1. The third kappa shape index (κ3) is 3.05. The van der Waals surface area contributed by atoms with Gasteiger partial charge in [0.2, 0.25) is 5.91 Å². The first-order chi connectivity index (χ1) is 8.70. The van der Waals surface area contributed by atoms with E-state index in [9.17, 15) is 4.79 Å². The van der Waals surface area contributed by atoms with Gasteiger partial charge in [-0.05, 0) is 34.9 Å². The van der Waals surface area contributed by atoms with Gasteiger partial charge in [0.1, 0.15) is 0 Å². The highest BCUT2D eigenvalue weighted by atomic mass is 32.2. The number of allylic oxidation sites excluding steroid dienone is 1. The lowest BCUT2D eigenvalue weighted by atomic mass is 10.0. The lowest BCUT2D eigenvalue weighted by Gasteiger charge is -2.05. The van der Waals surface area contributed by atoms with E-state index in [4.69, 9.17) is 0 Å². The number of thioether (sulfide) groups is 1. The lowest BCUT2D eigenvalue weighted by Crippen LogP contribution is -2.10. The molecule has 2 nitrogen and oxygen atoms in total. The van der Waals surface area contributed by atoms with Crippen LogP contribution >= 0.6 is 11.8 Å². The van der Waals surface area contributed by atoms with Crippen LogP contribution in [-0.2, 0) is 17.6 Å². The third-order valence-corrected chi connectivity index (χ3v) is 3.81. The van der Waals surface area contributed by atoms with E-state index >= 15 is 0 Å². The Labute approximate surface area is 112 Å². The summed E-state index contributed by atoms with van der Waals surface area (Å²) in [5.74, 6) is -0.0414. The van der Waals surface area contributed by atoms with Crippen molar-refractivity contribution < 1.29 is 4.79 Å². The molecule has 0 aliphatic heterocycles. The molecule has 1 aromatic carbocycles. The number of hydrogen-bond donors (Lipinski definition) is 1. The van der Waals surface area contributed by atoms with E-state index in [1.54, 1.807) is 18.0 Å². The molecule has 0 aromatic heterocycles. The van der Waals surface area contributed by atoms with Gasteiger partial charge in [0, 0.05) is 18.0 Å². The van der Waals surface area contributed by atoms with Crippen LogP contribution in [0.2, 0.25) is 0 Å². The van der Waals surface area contributed by atoms with Crippen molar-refractivity contribution in [2.45, 2.75) is 26.7 Å². The maximum absolute atomic E-state index is 10.7. The van der Waals surface area contributed by atoms with Crippen LogP contribution in [-0.4, -0.2) is 5.91 Å². The van der Waals surface area contributed by atoms with Crippen molar-refractivity contribution in [3.05, 3.63) is 52.6 Å². The van der Waals surface area contributed by atoms with Gasteiger partial charge in [-0.1, -0.05) is 43.0 Å². The molecule has 1 aliphatic carbocycles. The second-order valence-corrected chi connectivity index (χ2v) is 5.19. The van der Waals surface area contributed by atoms with E-state index in [0.29, 0.717) is 0 Å². The van der Waals surface area contributed by atoms with Crippen LogP contribution < -0.4 is 5.32 Å². The number of fused-ring (bicyclic) bond motifs is 1. The van der Waals surface area contributed by atoms with Crippen molar-refractivity contribution >= 4 is 22.6 Å². The van der Waals surface area contributed by atoms with Gasteiger partial charge in [0.05, 0.1) is 0 Å². The Morgan fingerprint density at radius 2 is 2.33 bits per heavy atom. The van der Waals surface area contributed by atoms with Crippen LogP contribution in [0.25, 0.3) is 4.91 Å². The Morgan fingerprint density at radius 1 is 1.50 bits per heavy atom. The SMILES string of the molecule is CCc1ccc2c(c1)CC=C2S/C=C/NC(C)=O. The molecule has 1 aliphatic rings. The van der Waals surface area contributed by atoms with Crippen molar-refractivity contribution in [2.24, 2.45) is 0 Å². The Bertz CT molecular complexity index is 517. The number of rotatable bonds is 4. The molecule has 18 heavy (non-hydrogen) atoms. The number of hydrogen-bond acceptors (Lipinski definition) is 2. The molecule has 0 fully saturated rings. The molecule has 1 aromatic rings. The van der Waals surface area contributed by atoms with Crippen molar-refractivity contribution in [3.8, 4) is 0 Å². The molecule has 2 rings (SSSR count). The maximum atomic E-state index is 10.7. The van der Waals surface area contributed by atoms with Crippen LogP contribution in [0.3, 0.4) is 0 Å². The van der Waals surface area contributed by atoms with Crippen LogP contribution in [0.15, 0.2) is 35.9 Å². The standard InChI is InChI=1S/C15H17NOS/c1-3-12-4-6-14-13(10-12)5-7-15(14)18-9-8-16-11(2)17/h4,6-10H,3,5H2,1-2H3,(H,16,17)/b9-8+. The summed E-state index contributed by atoms with van der Waals surface area (Å²) in [4.78, 5) is 12.0. The van der Waals surface area contributed by atoms with E-state index in [2.05, 4.69) is 36.5 Å². The summed E-state index contributed by atoms with van der Waals surface area (Å²) in [5, 5.41) is 4.56. The Morgan fingerprint density at radius 3 is 3.06 bits per heavy atom. The first-order valence-corrected chi connectivity index (χ1v) is 6.99. The van der Waals surface area contributed by atoms with Crippen LogP contribution in [0.4, 0.5) is 0 Å². The van der Waals surface area contributed by atoms with Crippen molar-refractivity contribution in [2.75, 3.05) is 0 Å². The summed E-state index contributed by atoms with van der Waals surface area (Å²) in [7, 11) is 0. The van der Waals surface area contributed by atoms with Crippen LogP contribution in [0.5, 0.6) is 0 Å². The normalized spacial score (nSPS) is 13.6.